The summed E-state index contributed by atoms with van der Waals surface area (Å²) in [6.45, 7) is 0. The van der Waals surface area contributed by atoms with Crippen molar-refractivity contribution in [1.29, 1.82) is 0 Å². The predicted molar refractivity (Wildman–Crippen MR) is 82.7 cm³/mol. The summed E-state index contributed by atoms with van der Waals surface area (Å²) in [5, 5.41) is 0. The van der Waals surface area contributed by atoms with Crippen molar-refractivity contribution >= 4 is 31.6 Å². The van der Waals surface area contributed by atoms with Gasteiger partial charge in [0.2, 0.25) is 0 Å². The third kappa shape index (κ3) is 2.81. The largest absolute Gasteiger partial charge is 0.497 e. The number of ether oxygens (including phenoxy) is 1. The van der Waals surface area contributed by atoms with Crippen molar-refractivity contribution in [1.82, 2.24) is 0 Å². The molecule has 0 heterocycles. The van der Waals surface area contributed by atoms with Gasteiger partial charge in [-0.2, -0.15) is 0 Å². The minimum Gasteiger partial charge on any atom is -0.497 e. The zero-order valence-corrected chi connectivity index (χ0v) is 13.5. The number of methoxy groups -OCH3 is 1. The zero-order valence-electron chi connectivity index (χ0n) is 11.1. The molecule has 6 heteroatoms. The van der Waals surface area contributed by atoms with Crippen molar-refractivity contribution in [2.75, 3.05) is 18.5 Å². The first-order chi connectivity index (χ1) is 9.46. The molecule has 0 aliphatic heterocycles. The molecule has 0 saturated heterocycles. The van der Waals surface area contributed by atoms with Crippen LogP contribution < -0.4 is 9.04 Å². The van der Waals surface area contributed by atoms with Crippen LogP contribution in [0.1, 0.15) is 0 Å². The minimum atomic E-state index is -3.60. The summed E-state index contributed by atoms with van der Waals surface area (Å²) in [7, 11) is -0.506. The van der Waals surface area contributed by atoms with Crippen LogP contribution in [0.4, 0.5) is 5.69 Å². The van der Waals surface area contributed by atoms with E-state index < -0.39 is 10.0 Å². The average Bonchev–Trinajstić information content (AvgIpc) is 2.47. The normalized spacial score (nSPS) is 11.2. The van der Waals surface area contributed by atoms with E-state index in [2.05, 4.69) is 15.9 Å². The Morgan fingerprint density at radius 3 is 2.20 bits per heavy atom. The highest BCUT2D eigenvalue weighted by Gasteiger charge is 2.23. The topological polar surface area (TPSA) is 46.6 Å². The summed E-state index contributed by atoms with van der Waals surface area (Å²) >= 11 is 3.27. The zero-order chi connectivity index (χ0) is 14.8. The van der Waals surface area contributed by atoms with Crippen LogP contribution in [0.3, 0.4) is 0 Å². The predicted octanol–water partition coefficient (Wildman–Crippen LogP) is 3.28. The lowest BCUT2D eigenvalue weighted by Gasteiger charge is -2.20. The second kappa shape index (κ2) is 5.85. The monoisotopic (exact) mass is 355 g/mol. The highest BCUT2D eigenvalue weighted by atomic mass is 79.9. The molecular weight excluding hydrogens is 342 g/mol. The highest BCUT2D eigenvalue weighted by Crippen LogP contribution is 2.28. The van der Waals surface area contributed by atoms with E-state index in [4.69, 9.17) is 4.74 Å². The molecular formula is C14H14BrNO3S. The highest BCUT2D eigenvalue weighted by molar-refractivity contribution is 9.10. The molecule has 0 unspecified atom stereocenters. The quantitative estimate of drug-likeness (QED) is 0.845. The third-order valence-electron chi connectivity index (χ3n) is 2.91. The molecule has 0 saturated carbocycles. The number of sulfonamides is 1. The second-order valence-electron chi connectivity index (χ2n) is 4.10. The Hall–Kier alpha value is -1.53. The molecule has 0 N–H and O–H groups in total. The van der Waals surface area contributed by atoms with E-state index in [1.807, 2.05) is 0 Å². The number of nitrogens with zero attached hydrogens (tertiary/aromatic N) is 1. The maximum absolute atomic E-state index is 12.6. The molecule has 0 spiro atoms. The summed E-state index contributed by atoms with van der Waals surface area (Å²) < 4.78 is 32.0. The lowest BCUT2D eigenvalue weighted by atomic mass is 10.3. The molecule has 106 valence electrons. The van der Waals surface area contributed by atoms with E-state index in [1.165, 1.54) is 11.4 Å². The van der Waals surface area contributed by atoms with Crippen LogP contribution in [0.15, 0.2) is 57.9 Å². The minimum absolute atomic E-state index is 0.235. The van der Waals surface area contributed by atoms with Gasteiger partial charge in [0.15, 0.2) is 0 Å². The molecule has 0 aromatic heterocycles. The molecule has 2 aromatic rings. The van der Waals surface area contributed by atoms with E-state index in [0.29, 0.717) is 15.9 Å². The Morgan fingerprint density at radius 2 is 1.65 bits per heavy atom. The van der Waals surface area contributed by atoms with Crippen LogP contribution in [-0.4, -0.2) is 22.6 Å². The number of hydrogen-bond donors (Lipinski definition) is 0. The first-order valence-corrected chi connectivity index (χ1v) is 8.07. The fourth-order valence-electron chi connectivity index (χ4n) is 1.73. The van der Waals surface area contributed by atoms with Gasteiger partial charge in [-0.05, 0) is 52.3 Å². The van der Waals surface area contributed by atoms with Gasteiger partial charge in [0.25, 0.3) is 10.0 Å². The summed E-state index contributed by atoms with van der Waals surface area (Å²) in [6.07, 6.45) is 0. The van der Waals surface area contributed by atoms with Crippen LogP contribution in [0.2, 0.25) is 0 Å². The van der Waals surface area contributed by atoms with Gasteiger partial charge < -0.3 is 4.74 Å². The first kappa shape index (κ1) is 14.9. The number of halogens is 1. The molecule has 0 aliphatic rings. The van der Waals surface area contributed by atoms with Gasteiger partial charge in [0, 0.05) is 11.5 Å². The molecule has 0 atom stereocenters. The number of anilines is 1. The maximum atomic E-state index is 12.6. The van der Waals surface area contributed by atoms with Crippen molar-refractivity contribution in [3.05, 3.63) is 53.0 Å². The van der Waals surface area contributed by atoms with Crippen LogP contribution in [0.5, 0.6) is 5.75 Å². The molecule has 0 aliphatic carbocycles. The van der Waals surface area contributed by atoms with Crippen LogP contribution >= 0.6 is 15.9 Å². The van der Waals surface area contributed by atoms with Crippen molar-refractivity contribution in [2.45, 2.75) is 4.90 Å². The summed E-state index contributed by atoms with van der Waals surface area (Å²) in [5.74, 6) is 0.681. The van der Waals surface area contributed by atoms with Crippen LogP contribution in [-0.2, 0) is 10.0 Å². The smallest absolute Gasteiger partial charge is 0.265 e. The molecule has 0 bridgehead atoms. The van der Waals surface area contributed by atoms with E-state index in [-0.39, 0.29) is 4.90 Å². The molecule has 20 heavy (non-hydrogen) atoms. The Bertz CT molecular complexity index is 699. The van der Waals surface area contributed by atoms with Gasteiger partial charge in [0.05, 0.1) is 12.8 Å². The van der Waals surface area contributed by atoms with Gasteiger partial charge >= 0.3 is 0 Å². The fraction of sp³-hybridized carbons (Fsp3) is 0.143. The van der Waals surface area contributed by atoms with Crippen molar-refractivity contribution in [3.8, 4) is 5.75 Å². The standard InChI is InChI=1S/C14H14BrNO3S/c1-16(11-7-9-12(19-2)10-8-11)20(17,18)14-6-4-3-5-13(14)15/h3-10H,1-2H3. The molecule has 2 rings (SSSR count). The molecule has 2 aromatic carbocycles. The SMILES string of the molecule is COc1ccc(N(C)S(=O)(=O)c2ccccc2Br)cc1. The molecule has 0 radical (unpaired) electrons. The van der Waals surface area contributed by atoms with Gasteiger partial charge in [-0.25, -0.2) is 8.42 Å². The van der Waals surface area contributed by atoms with Crippen molar-refractivity contribution in [2.24, 2.45) is 0 Å². The summed E-state index contributed by atoms with van der Waals surface area (Å²) in [6, 6.07) is 13.6. The van der Waals surface area contributed by atoms with Crippen molar-refractivity contribution < 1.29 is 13.2 Å². The number of benzene rings is 2. The van der Waals surface area contributed by atoms with Gasteiger partial charge in [0.1, 0.15) is 10.6 Å². The average molecular weight is 356 g/mol. The maximum Gasteiger partial charge on any atom is 0.265 e. The van der Waals surface area contributed by atoms with E-state index in [0.717, 1.165) is 0 Å². The third-order valence-corrected chi connectivity index (χ3v) is 5.71. The van der Waals surface area contributed by atoms with Gasteiger partial charge in [-0.1, -0.05) is 12.1 Å². The van der Waals surface area contributed by atoms with E-state index >= 15 is 0 Å². The molecule has 0 fully saturated rings. The van der Waals surface area contributed by atoms with Gasteiger partial charge in [-0.3, -0.25) is 4.31 Å². The summed E-state index contributed by atoms with van der Waals surface area (Å²) in [4.78, 5) is 0.235. The van der Waals surface area contributed by atoms with Gasteiger partial charge in [-0.15, -0.1) is 0 Å². The lowest BCUT2D eigenvalue weighted by Crippen LogP contribution is -2.26. The lowest BCUT2D eigenvalue weighted by molar-refractivity contribution is 0.415. The number of rotatable bonds is 4. The Morgan fingerprint density at radius 1 is 1.05 bits per heavy atom. The van der Waals surface area contributed by atoms with Crippen LogP contribution in [0, 0.1) is 0 Å². The summed E-state index contributed by atoms with van der Waals surface area (Å²) in [5.41, 5.74) is 0.571. The molecule has 0 amide bonds. The van der Waals surface area contributed by atoms with E-state index in [9.17, 15) is 8.42 Å². The van der Waals surface area contributed by atoms with E-state index in [1.54, 1.807) is 55.6 Å². The van der Waals surface area contributed by atoms with Crippen molar-refractivity contribution in [3.63, 3.8) is 0 Å². The Kier molecular flexibility index (Phi) is 4.35. The molecule has 4 nitrogen and oxygen atoms in total. The Balaban J connectivity index is 2.41. The fourth-order valence-corrected chi connectivity index (χ4v) is 3.89. The number of hydrogen-bond acceptors (Lipinski definition) is 3. The Labute approximate surface area is 127 Å². The second-order valence-corrected chi connectivity index (χ2v) is 6.89. The first-order valence-electron chi connectivity index (χ1n) is 5.84. The van der Waals surface area contributed by atoms with Crippen LogP contribution in [0.25, 0.3) is 0 Å².